The molecule has 0 unspecified atom stereocenters. The molecular formula is C18H15FN2O5S. The van der Waals surface area contributed by atoms with Gasteiger partial charge in [0.2, 0.25) is 0 Å². The number of benzene rings is 2. The molecule has 0 aliphatic carbocycles. The minimum absolute atomic E-state index is 0.0667. The van der Waals surface area contributed by atoms with Gasteiger partial charge in [0.1, 0.15) is 11.6 Å². The van der Waals surface area contributed by atoms with Gasteiger partial charge in [0, 0.05) is 12.4 Å². The van der Waals surface area contributed by atoms with Gasteiger partial charge in [-0.3, -0.25) is 4.79 Å². The van der Waals surface area contributed by atoms with Crippen molar-refractivity contribution in [1.82, 2.24) is 8.54 Å². The number of ether oxygens (including phenoxy) is 1. The smallest absolute Gasteiger partial charge is 0.349 e. The van der Waals surface area contributed by atoms with E-state index in [0.29, 0.717) is 8.54 Å². The third-order valence-electron chi connectivity index (χ3n) is 3.77. The lowest BCUT2D eigenvalue weighted by Crippen LogP contribution is -2.34. The Morgan fingerprint density at radius 2 is 1.67 bits per heavy atom. The third kappa shape index (κ3) is 3.82. The van der Waals surface area contributed by atoms with E-state index in [-0.39, 0.29) is 10.6 Å². The Balaban J connectivity index is 1.82. The van der Waals surface area contributed by atoms with Crippen molar-refractivity contribution in [1.29, 1.82) is 0 Å². The molecule has 0 saturated carbocycles. The summed E-state index contributed by atoms with van der Waals surface area (Å²) in [5.74, 6) is -0.977. The summed E-state index contributed by atoms with van der Waals surface area (Å²) >= 11 is 0. The number of hydrogen-bond donors (Lipinski definition) is 0. The Labute approximate surface area is 154 Å². The molecule has 0 radical (unpaired) electrons. The monoisotopic (exact) mass is 390 g/mol. The molecule has 0 spiro atoms. The predicted molar refractivity (Wildman–Crippen MR) is 95.0 cm³/mol. The zero-order valence-corrected chi connectivity index (χ0v) is 15.0. The maximum atomic E-state index is 12.9. The molecule has 0 N–H and O–H groups in total. The van der Waals surface area contributed by atoms with E-state index < -0.39 is 34.0 Å². The summed E-state index contributed by atoms with van der Waals surface area (Å²) in [6, 6.07) is 11.0. The lowest BCUT2D eigenvalue weighted by atomic mass is 10.2. The fourth-order valence-electron chi connectivity index (χ4n) is 2.30. The van der Waals surface area contributed by atoms with Crippen LogP contribution in [0.3, 0.4) is 0 Å². The molecule has 0 atom stereocenters. The Hall–Kier alpha value is -3.20. The normalized spacial score (nSPS) is 11.3. The molecule has 0 aliphatic rings. The second-order valence-electron chi connectivity index (χ2n) is 5.70. The lowest BCUT2D eigenvalue weighted by molar-refractivity contribution is 0.0833. The first-order valence-electron chi connectivity index (χ1n) is 7.83. The van der Waals surface area contributed by atoms with Gasteiger partial charge in [-0.2, -0.15) is 3.97 Å². The van der Waals surface area contributed by atoms with Gasteiger partial charge in [0.25, 0.3) is 15.9 Å². The number of nitrogens with zero attached hydrogens (tertiary/aromatic N) is 2. The van der Waals surface area contributed by atoms with Crippen LogP contribution in [0.25, 0.3) is 0 Å². The van der Waals surface area contributed by atoms with E-state index in [1.165, 1.54) is 24.3 Å². The molecule has 140 valence electrons. The molecule has 3 rings (SSSR count). The van der Waals surface area contributed by atoms with Crippen LogP contribution >= 0.6 is 0 Å². The zero-order chi connectivity index (χ0) is 19.6. The van der Waals surface area contributed by atoms with Gasteiger partial charge in [-0.25, -0.2) is 22.2 Å². The van der Waals surface area contributed by atoms with E-state index in [2.05, 4.69) is 0 Å². The Morgan fingerprint density at radius 3 is 2.30 bits per heavy atom. The minimum atomic E-state index is -4.12. The first-order valence-corrected chi connectivity index (χ1v) is 9.27. The summed E-state index contributed by atoms with van der Waals surface area (Å²) in [6.07, 6.45) is 2.07. The molecule has 2 aromatic carbocycles. The molecule has 27 heavy (non-hydrogen) atoms. The summed E-state index contributed by atoms with van der Waals surface area (Å²) < 4.78 is 44.4. The second-order valence-corrected chi connectivity index (χ2v) is 7.52. The van der Waals surface area contributed by atoms with Crippen LogP contribution in [0, 0.1) is 12.7 Å². The minimum Gasteiger partial charge on any atom is -0.484 e. The maximum Gasteiger partial charge on any atom is 0.349 e. The van der Waals surface area contributed by atoms with Gasteiger partial charge in [-0.1, -0.05) is 17.7 Å². The number of aromatic nitrogens is 2. The standard InChI is InChI=1S/C18H15FN2O5S/c1-13-2-8-16(9-3-13)27(24,25)21-11-10-20(18(21)23)17(22)12-26-15-6-4-14(19)5-7-15/h2-11H,12H2,1H3. The SMILES string of the molecule is Cc1ccc(S(=O)(=O)n2ccn(C(=O)COc3ccc(F)cc3)c2=O)cc1. The van der Waals surface area contributed by atoms with Crippen LogP contribution < -0.4 is 10.4 Å². The average Bonchev–Trinajstić information content (AvgIpc) is 3.03. The average molecular weight is 390 g/mol. The van der Waals surface area contributed by atoms with Crippen LogP contribution in [0.1, 0.15) is 10.4 Å². The first-order chi connectivity index (χ1) is 12.8. The Kier molecular flexibility index (Phi) is 4.95. The van der Waals surface area contributed by atoms with Gasteiger partial charge in [0.05, 0.1) is 4.90 Å². The van der Waals surface area contributed by atoms with Crippen LogP contribution in [0.2, 0.25) is 0 Å². The van der Waals surface area contributed by atoms with Gasteiger partial charge in [-0.15, -0.1) is 0 Å². The van der Waals surface area contributed by atoms with Gasteiger partial charge >= 0.3 is 5.69 Å². The Morgan fingerprint density at radius 1 is 1.04 bits per heavy atom. The summed E-state index contributed by atoms with van der Waals surface area (Å²) in [6.45, 7) is 1.29. The number of aryl methyl sites for hydroxylation is 1. The van der Waals surface area contributed by atoms with Crippen molar-refractivity contribution in [2.75, 3.05) is 6.61 Å². The third-order valence-corrected chi connectivity index (χ3v) is 5.43. The van der Waals surface area contributed by atoms with Crippen molar-refractivity contribution in [3.8, 4) is 5.75 Å². The number of carbonyl (C=O) groups is 1. The van der Waals surface area contributed by atoms with E-state index in [1.54, 1.807) is 19.1 Å². The number of rotatable bonds is 5. The van der Waals surface area contributed by atoms with Crippen LogP contribution in [0.4, 0.5) is 4.39 Å². The lowest BCUT2D eigenvalue weighted by Gasteiger charge is -2.06. The van der Waals surface area contributed by atoms with Crippen molar-refractivity contribution in [3.63, 3.8) is 0 Å². The molecule has 1 aromatic heterocycles. The highest BCUT2D eigenvalue weighted by atomic mass is 32.2. The van der Waals surface area contributed by atoms with E-state index in [9.17, 15) is 22.4 Å². The summed E-state index contributed by atoms with van der Waals surface area (Å²) in [4.78, 5) is 24.5. The van der Waals surface area contributed by atoms with Gasteiger partial charge < -0.3 is 4.74 Å². The van der Waals surface area contributed by atoms with E-state index in [1.807, 2.05) is 0 Å². The highest BCUT2D eigenvalue weighted by molar-refractivity contribution is 7.90. The summed E-state index contributed by atoms with van der Waals surface area (Å²) in [7, 11) is -4.12. The molecule has 9 heteroatoms. The van der Waals surface area contributed by atoms with Crippen LogP contribution in [0.15, 0.2) is 70.6 Å². The van der Waals surface area contributed by atoms with Crippen molar-refractivity contribution in [3.05, 3.63) is 82.8 Å². The van der Waals surface area contributed by atoms with Crippen LogP contribution in [-0.2, 0) is 10.0 Å². The van der Waals surface area contributed by atoms with Crippen molar-refractivity contribution in [2.24, 2.45) is 0 Å². The first kappa shape index (κ1) is 18.6. The van der Waals surface area contributed by atoms with E-state index >= 15 is 0 Å². The zero-order valence-electron chi connectivity index (χ0n) is 14.2. The van der Waals surface area contributed by atoms with Crippen LogP contribution in [-0.4, -0.2) is 29.5 Å². The topological polar surface area (TPSA) is 87.4 Å². The predicted octanol–water partition coefficient (Wildman–Crippen LogP) is 2.05. The summed E-state index contributed by atoms with van der Waals surface area (Å²) in [5.41, 5.74) is -0.157. The Bertz CT molecular complexity index is 1130. The van der Waals surface area contributed by atoms with E-state index in [0.717, 1.165) is 30.1 Å². The van der Waals surface area contributed by atoms with Crippen LogP contribution in [0.5, 0.6) is 5.75 Å². The fourth-order valence-corrected chi connectivity index (χ4v) is 3.52. The highest BCUT2D eigenvalue weighted by Gasteiger charge is 2.22. The molecule has 1 heterocycles. The van der Waals surface area contributed by atoms with E-state index in [4.69, 9.17) is 4.74 Å². The van der Waals surface area contributed by atoms with Gasteiger partial charge in [0.15, 0.2) is 6.61 Å². The van der Waals surface area contributed by atoms with Crippen molar-refractivity contribution >= 4 is 15.9 Å². The quantitative estimate of drug-likeness (QED) is 0.665. The molecule has 3 aromatic rings. The largest absolute Gasteiger partial charge is 0.484 e. The van der Waals surface area contributed by atoms with Crippen molar-refractivity contribution < 1.29 is 22.3 Å². The molecular weight excluding hydrogens is 375 g/mol. The molecule has 0 saturated heterocycles. The number of hydrogen-bond acceptors (Lipinski definition) is 5. The number of halogens is 1. The summed E-state index contributed by atoms with van der Waals surface area (Å²) in [5, 5.41) is 0. The second kappa shape index (κ2) is 7.20. The van der Waals surface area contributed by atoms with Crippen molar-refractivity contribution in [2.45, 2.75) is 11.8 Å². The number of carbonyl (C=O) groups excluding carboxylic acids is 1. The maximum absolute atomic E-state index is 12.9. The molecule has 7 nitrogen and oxygen atoms in total. The highest BCUT2D eigenvalue weighted by Crippen LogP contribution is 2.13. The molecule has 0 aliphatic heterocycles. The molecule has 0 fully saturated rings. The fraction of sp³-hybridized carbons (Fsp3) is 0.111. The molecule has 0 amide bonds. The van der Waals surface area contributed by atoms with Gasteiger partial charge in [-0.05, 0) is 43.3 Å². The molecule has 0 bridgehead atoms. The number of imidazole rings is 1.